The molecule has 0 spiro atoms. The van der Waals surface area contributed by atoms with Gasteiger partial charge in [-0.3, -0.25) is 4.98 Å². The number of benzene rings is 1. The highest BCUT2D eigenvalue weighted by molar-refractivity contribution is 6.03. The molecule has 2 atom stereocenters. The van der Waals surface area contributed by atoms with Gasteiger partial charge in [-0.2, -0.15) is 13.2 Å². The predicted molar refractivity (Wildman–Crippen MR) is 112 cm³/mol. The number of hydrogen-bond acceptors (Lipinski definition) is 5. The summed E-state index contributed by atoms with van der Waals surface area (Å²) in [7, 11) is 0. The van der Waals surface area contributed by atoms with Gasteiger partial charge < -0.3 is 16.5 Å². The zero-order chi connectivity index (χ0) is 21.8. The van der Waals surface area contributed by atoms with Crippen molar-refractivity contribution >= 4 is 21.8 Å². The molecule has 3 aromatic heterocycles. The average molecular weight is 426 g/mol. The second kappa shape index (κ2) is 7.00. The largest absolute Gasteiger partial charge is 0.416 e. The van der Waals surface area contributed by atoms with E-state index in [1.165, 1.54) is 6.07 Å². The van der Waals surface area contributed by atoms with E-state index >= 15 is 0 Å². The fourth-order valence-corrected chi connectivity index (χ4v) is 4.40. The number of halogens is 3. The van der Waals surface area contributed by atoms with Crippen LogP contribution in [-0.4, -0.2) is 26.0 Å². The summed E-state index contributed by atoms with van der Waals surface area (Å²) in [5.41, 5.74) is 13.9. The summed E-state index contributed by atoms with van der Waals surface area (Å²) in [5.74, 6) is 0.485. The topological polar surface area (TPSA) is 107 Å². The van der Waals surface area contributed by atoms with Crippen LogP contribution < -0.4 is 11.5 Å². The van der Waals surface area contributed by atoms with Gasteiger partial charge in [-0.1, -0.05) is 18.9 Å². The van der Waals surface area contributed by atoms with Crippen LogP contribution in [0.2, 0.25) is 0 Å². The molecule has 2 unspecified atom stereocenters. The Labute approximate surface area is 175 Å². The molecule has 1 fully saturated rings. The van der Waals surface area contributed by atoms with Crippen molar-refractivity contribution < 1.29 is 13.2 Å². The van der Waals surface area contributed by atoms with E-state index in [1.807, 2.05) is 0 Å². The van der Waals surface area contributed by atoms with Crippen LogP contribution in [-0.2, 0) is 11.7 Å². The lowest BCUT2D eigenvalue weighted by Crippen LogP contribution is -2.55. The van der Waals surface area contributed by atoms with Gasteiger partial charge in [0.15, 0.2) is 0 Å². The first kappa shape index (κ1) is 19.9. The number of rotatable bonds is 2. The van der Waals surface area contributed by atoms with Crippen molar-refractivity contribution in [1.29, 1.82) is 0 Å². The van der Waals surface area contributed by atoms with Crippen LogP contribution >= 0.6 is 0 Å². The van der Waals surface area contributed by atoms with Crippen molar-refractivity contribution in [3.05, 3.63) is 54.4 Å². The Balaban J connectivity index is 1.67. The zero-order valence-corrected chi connectivity index (χ0v) is 16.6. The van der Waals surface area contributed by atoms with Crippen LogP contribution in [0.15, 0.2) is 43.0 Å². The molecule has 0 saturated heterocycles. The molecule has 5 rings (SSSR count). The number of alkyl halides is 3. The third-order valence-electron chi connectivity index (χ3n) is 6.22. The van der Waals surface area contributed by atoms with E-state index in [0.29, 0.717) is 39.8 Å². The minimum absolute atomic E-state index is 0.238. The fraction of sp³-hybridized carbons (Fsp3) is 0.318. The third kappa shape index (κ3) is 3.24. The Bertz CT molecular complexity index is 1280. The van der Waals surface area contributed by atoms with Gasteiger partial charge in [0.2, 0.25) is 0 Å². The molecule has 0 radical (unpaired) electrons. The van der Waals surface area contributed by atoms with E-state index < -0.39 is 17.3 Å². The number of aromatic amines is 1. The molecule has 31 heavy (non-hydrogen) atoms. The summed E-state index contributed by atoms with van der Waals surface area (Å²) in [4.78, 5) is 16.5. The molecule has 3 heterocycles. The SMILES string of the molecule is NC1CCCCC1(N)c1ncc2cncc(-c3c[nH]c4cc(C(F)(F)F)ccc34)c2n1. The van der Waals surface area contributed by atoms with Gasteiger partial charge in [0.1, 0.15) is 5.82 Å². The lowest BCUT2D eigenvalue weighted by Gasteiger charge is -2.37. The molecule has 0 aliphatic heterocycles. The molecule has 1 saturated carbocycles. The lowest BCUT2D eigenvalue weighted by molar-refractivity contribution is -0.137. The van der Waals surface area contributed by atoms with E-state index in [0.717, 1.165) is 36.8 Å². The van der Waals surface area contributed by atoms with Gasteiger partial charge in [-0.25, -0.2) is 9.97 Å². The van der Waals surface area contributed by atoms with Crippen LogP contribution in [0.25, 0.3) is 32.9 Å². The highest BCUT2D eigenvalue weighted by atomic mass is 19.4. The summed E-state index contributed by atoms with van der Waals surface area (Å²) in [5, 5.41) is 1.37. The highest BCUT2D eigenvalue weighted by Gasteiger charge is 2.39. The fourth-order valence-electron chi connectivity index (χ4n) is 4.40. The van der Waals surface area contributed by atoms with E-state index in [9.17, 15) is 13.2 Å². The normalized spacial score (nSPS) is 22.3. The van der Waals surface area contributed by atoms with E-state index in [1.54, 1.807) is 24.8 Å². The molecular weight excluding hydrogens is 405 g/mol. The van der Waals surface area contributed by atoms with Crippen LogP contribution in [0, 0.1) is 0 Å². The number of nitrogens with one attached hydrogen (secondary N) is 1. The van der Waals surface area contributed by atoms with Crippen molar-refractivity contribution in [3.63, 3.8) is 0 Å². The predicted octanol–water partition coefficient (Wildman–Crippen LogP) is 4.25. The maximum Gasteiger partial charge on any atom is 0.416 e. The van der Waals surface area contributed by atoms with Crippen LogP contribution in [0.1, 0.15) is 37.1 Å². The molecule has 1 aliphatic rings. The monoisotopic (exact) mass is 426 g/mol. The second-order valence-corrected chi connectivity index (χ2v) is 8.17. The Morgan fingerprint density at radius 3 is 2.71 bits per heavy atom. The Kier molecular flexibility index (Phi) is 4.49. The Morgan fingerprint density at radius 2 is 1.94 bits per heavy atom. The summed E-state index contributed by atoms with van der Waals surface area (Å²) in [6, 6.07) is 3.41. The smallest absolute Gasteiger partial charge is 0.361 e. The van der Waals surface area contributed by atoms with Crippen molar-refractivity contribution in [1.82, 2.24) is 19.9 Å². The third-order valence-corrected chi connectivity index (χ3v) is 6.22. The summed E-state index contributed by atoms with van der Waals surface area (Å²) in [6.07, 6.45) is 5.76. The van der Waals surface area contributed by atoms with Gasteiger partial charge in [0, 0.05) is 58.2 Å². The van der Waals surface area contributed by atoms with E-state index in [2.05, 4.69) is 15.0 Å². The molecule has 5 N–H and O–H groups in total. The minimum atomic E-state index is -4.41. The first-order chi connectivity index (χ1) is 14.8. The number of hydrogen-bond donors (Lipinski definition) is 3. The molecule has 6 nitrogen and oxygen atoms in total. The van der Waals surface area contributed by atoms with Crippen LogP contribution in [0.3, 0.4) is 0 Å². The van der Waals surface area contributed by atoms with Crippen molar-refractivity contribution in [3.8, 4) is 11.1 Å². The molecule has 1 aromatic carbocycles. The summed E-state index contributed by atoms with van der Waals surface area (Å²) >= 11 is 0. The molecular formula is C22H21F3N6. The van der Waals surface area contributed by atoms with Crippen LogP contribution in [0.4, 0.5) is 13.2 Å². The maximum absolute atomic E-state index is 13.1. The Morgan fingerprint density at radius 1 is 1.10 bits per heavy atom. The average Bonchev–Trinajstić information content (AvgIpc) is 3.17. The van der Waals surface area contributed by atoms with Gasteiger partial charge in [-0.05, 0) is 25.0 Å². The lowest BCUT2D eigenvalue weighted by atomic mass is 9.78. The maximum atomic E-state index is 13.1. The highest BCUT2D eigenvalue weighted by Crippen LogP contribution is 2.37. The first-order valence-corrected chi connectivity index (χ1v) is 10.1. The van der Waals surface area contributed by atoms with Gasteiger partial charge >= 0.3 is 6.18 Å². The van der Waals surface area contributed by atoms with E-state index in [-0.39, 0.29) is 6.04 Å². The molecule has 0 bridgehead atoms. The Hall–Kier alpha value is -3.04. The van der Waals surface area contributed by atoms with Crippen molar-refractivity contribution in [2.24, 2.45) is 11.5 Å². The number of nitrogens with zero attached hydrogens (tertiary/aromatic N) is 3. The zero-order valence-electron chi connectivity index (χ0n) is 16.6. The number of pyridine rings is 1. The second-order valence-electron chi connectivity index (χ2n) is 8.17. The quantitative estimate of drug-likeness (QED) is 0.444. The summed E-state index contributed by atoms with van der Waals surface area (Å²) < 4.78 is 39.2. The van der Waals surface area contributed by atoms with Crippen molar-refractivity contribution in [2.75, 3.05) is 0 Å². The summed E-state index contributed by atoms with van der Waals surface area (Å²) in [6.45, 7) is 0. The van der Waals surface area contributed by atoms with E-state index in [4.69, 9.17) is 16.5 Å². The van der Waals surface area contributed by atoms with Crippen molar-refractivity contribution in [2.45, 2.75) is 43.4 Å². The molecule has 4 aromatic rings. The molecule has 9 heteroatoms. The molecule has 0 amide bonds. The number of H-pyrrole nitrogens is 1. The number of nitrogens with two attached hydrogens (primary N) is 2. The molecule has 1 aliphatic carbocycles. The van der Waals surface area contributed by atoms with Gasteiger partial charge in [-0.15, -0.1) is 0 Å². The number of aromatic nitrogens is 4. The standard InChI is InChI=1S/C22H21F3N6/c23-22(24,25)13-4-5-14-15(11-29-17(14)7-13)16-10-28-8-12-9-30-20(31-19(12)16)21(27)6-2-1-3-18(21)26/h4-5,7-11,18,29H,1-3,6,26-27H2. The van der Waals surface area contributed by atoms with Gasteiger partial charge in [0.25, 0.3) is 0 Å². The first-order valence-electron chi connectivity index (χ1n) is 10.1. The number of fused-ring (bicyclic) bond motifs is 2. The van der Waals surface area contributed by atoms with Gasteiger partial charge in [0.05, 0.1) is 16.6 Å². The minimum Gasteiger partial charge on any atom is -0.361 e. The van der Waals surface area contributed by atoms with Crippen LogP contribution in [0.5, 0.6) is 0 Å². The molecule has 160 valence electrons.